The van der Waals surface area contributed by atoms with E-state index >= 15 is 0 Å². The molecule has 1 aromatic heterocycles. The summed E-state index contributed by atoms with van der Waals surface area (Å²) >= 11 is 0. The van der Waals surface area contributed by atoms with Crippen LogP contribution in [-0.4, -0.2) is 58.2 Å². The minimum Gasteiger partial charge on any atom is -0.333 e. The van der Waals surface area contributed by atoms with Crippen LogP contribution in [0.5, 0.6) is 0 Å². The Hall–Kier alpha value is -1.36. The Morgan fingerprint density at radius 2 is 2.00 bits per heavy atom. The van der Waals surface area contributed by atoms with Gasteiger partial charge in [-0.15, -0.1) is 0 Å². The maximum Gasteiger partial charge on any atom is 0.272 e. The van der Waals surface area contributed by atoms with E-state index in [1.807, 2.05) is 13.1 Å². The molecule has 0 aromatic carbocycles. The maximum absolute atomic E-state index is 13.0. The molecule has 0 radical (unpaired) electrons. The van der Waals surface area contributed by atoms with E-state index < -0.39 is 0 Å². The Bertz CT molecular complexity index is 536. The van der Waals surface area contributed by atoms with E-state index in [2.05, 4.69) is 35.8 Å². The van der Waals surface area contributed by atoms with E-state index in [4.69, 9.17) is 0 Å². The Morgan fingerprint density at radius 1 is 1.24 bits per heavy atom. The monoisotopic (exact) mass is 290 g/mol. The molecule has 3 aliphatic rings. The third kappa shape index (κ3) is 2.71. The molecule has 4 rings (SSSR count). The predicted octanol–water partition coefficient (Wildman–Crippen LogP) is 1.71. The third-order valence-corrected chi connectivity index (χ3v) is 4.87. The average molecular weight is 290 g/mol. The molecule has 0 aliphatic carbocycles. The number of hydrogen-bond acceptors (Lipinski definition) is 3. The second-order valence-electron chi connectivity index (χ2n) is 7.01. The molecule has 1 aromatic rings. The van der Waals surface area contributed by atoms with Gasteiger partial charge in [0.15, 0.2) is 0 Å². The number of amides is 1. The topological polar surface area (TPSA) is 41.4 Å². The standard InChI is InChI=1S/C16H26N4O/c1-11(2)14-7-15(19(4)17-14)16(21)20-9-12-5-6-13(20)10-18(3)8-12/h7,11-13H,5-6,8-10H2,1-4H3/t12-,13+/m0/s1. The highest BCUT2D eigenvalue weighted by molar-refractivity contribution is 5.93. The number of hydrogen-bond donors (Lipinski definition) is 0. The molecule has 116 valence electrons. The van der Waals surface area contributed by atoms with Gasteiger partial charge in [-0.1, -0.05) is 13.8 Å². The van der Waals surface area contributed by atoms with Gasteiger partial charge in [0.25, 0.3) is 5.91 Å². The fourth-order valence-electron chi connectivity index (χ4n) is 3.68. The molecule has 1 amide bonds. The summed E-state index contributed by atoms with van der Waals surface area (Å²) in [5, 5.41) is 4.49. The number of carbonyl (C=O) groups is 1. The molecule has 2 atom stereocenters. The summed E-state index contributed by atoms with van der Waals surface area (Å²) < 4.78 is 1.75. The molecule has 5 nitrogen and oxygen atoms in total. The summed E-state index contributed by atoms with van der Waals surface area (Å²) in [5.74, 6) is 1.13. The van der Waals surface area contributed by atoms with E-state index in [-0.39, 0.29) is 5.91 Å². The van der Waals surface area contributed by atoms with Gasteiger partial charge in [0.05, 0.1) is 5.69 Å². The lowest BCUT2D eigenvalue weighted by Crippen LogP contribution is -2.47. The summed E-state index contributed by atoms with van der Waals surface area (Å²) in [4.78, 5) is 17.4. The normalized spacial score (nSPS) is 26.4. The maximum atomic E-state index is 13.0. The molecule has 0 saturated carbocycles. The number of carbonyl (C=O) groups excluding carboxylic acids is 1. The zero-order chi connectivity index (χ0) is 15.1. The van der Waals surface area contributed by atoms with Crippen molar-refractivity contribution in [3.05, 3.63) is 17.5 Å². The number of fused-ring (bicyclic) bond motifs is 4. The summed E-state index contributed by atoms with van der Waals surface area (Å²) in [5.41, 5.74) is 1.73. The Labute approximate surface area is 126 Å². The molecule has 4 heterocycles. The van der Waals surface area contributed by atoms with Crippen LogP contribution in [0.4, 0.5) is 0 Å². The molecular formula is C16H26N4O. The van der Waals surface area contributed by atoms with Crippen LogP contribution in [0.25, 0.3) is 0 Å². The van der Waals surface area contributed by atoms with Crippen molar-refractivity contribution in [1.29, 1.82) is 0 Å². The zero-order valence-corrected chi connectivity index (χ0v) is 13.5. The second kappa shape index (κ2) is 5.44. The molecule has 2 bridgehead atoms. The van der Waals surface area contributed by atoms with E-state index in [9.17, 15) is 4.79 Å². The lowest BCUT2D eigenvalue weighted by atomic mass is 9.94. The molecule has 5 heteroatoms. The highest BCUT2D eigenvalue weighted by Crippen LogP contribution is 2.29. The molecular weight excluding hydrogens is 264 g/mol. The Morgan fingerprint density at radius 3 is 2.67 bits per heavy atom. The lowest BCUT2D eigenvalue weighted by molar-refractivity contribution is 0.0575. The van der Waals surface area contributed by atoms with Crippen LogP contribution in [0.3, 0.4) is 0 Å². The predicted molar refractivity (Wildman–Crippen MR) is 82.3 cm³/mol. The van der Waals surface area contributed by atoms with Crippen molar-refractivity contribution in [3.8, 4) is 0 Å². The van der Waals surface area contributed by atoms with Gasteiger partial charge in [0.1, 0.15) is 5.69 Å². The van der Waals surface area contributed by atoms with E-state index in [1.165, 1.54) is 6.42 Å². The van der Waals surface area contributed by atoms with Gasteiger partial charge in [-0.2, -0.15) is 5.10 Å². The summed E-state index contributed by atoms with van der Waals surface area (Å²) in [6.07, 6.45) is 2.39. The largest absolute Gasteiger partial charge is 0.333 e. The van der Waals surface area contributed by atoms with Crippen LogP contribution >= 0.6 is 0 Å². The smallest absolute Gasteiger partial charge is 0.272 e. The molecule has 0 N–H and O–H groups in total. The number of aromatic nitrogens is 2. The number of nitrogens with zero attached hydrogens (tertiary/aromatic N) is 4. The second-order valence-corrected chi connectivity index (χ2v) is 7.01. The molecule has 0 unspecified atom stereocenters. The van der Waals surface area contributed by atoms with E-state index in [0.717, 1.165) is 37.4 Å². The average Bonchev–Trinajstić information content (AvgIpc) is 2.63. The Balaban J connectivity index is 1.85. The van der Waals surface area contributed by atoms with Crippen molar-refractivity contribution in [3.63, 3.8) is 0 Å². The number of rotatable bonds is 2. The highest BCUT2D eigenvalue weighted by Gasteiger charge is 2.37. The number of aryl methyl sites for hydroxylation is 1. The van der Waals surface area contributed by atoms with Crippen LogP contribution in [0.1, 0.15) is 48.8 Å². The van der Waals surface area contributed by atoms with Gasteiger partial charge in [0, 0.05) is 32.7 Å². The minimum atomic E-state index is 0.155. The van der Waals surface area contributed by atoms with Gasteiger partial charge in [-0.3, -0.25) is 9.48 Å². The van der Waals surface area contributed by atoms with Gasteiger partial charge in [0.2, 0.25) is 0 Å². The fraction of sp³-hybridized carbons (Fsp3) is 0.750. The van der Waals surface area contributed by atoms with Crippen molar-refractivity contribution in [2.45, 2.75) is 38.6 Å². The van der Waals surface area contributed by atoms with Crippen LogP contribution in [-0.2, 0) is 7.05 Å². The molecule has 3 fully saturated rings. The third-order valence-electron chi connectivity index (χ3n) is 4.87. The summed E-state index contributed by atoms with van der Waals surface area (Å²) in [6, 6.07) is 2.33. The molecule has 3 saturated heterocycles. The lowest BCUT2D eigenvalue weighted by Gasteiger charge is -2.36. The first-order valence-corrected chi connectivity index (χ1v) is 7.99. The van der Waals surface area contributed by atoms with Crippen molar-refractivity contribution in [2.24, 2.45) is 13.0 Å². The minimum absolute atomic E-state index is 0.155. The van der Waals surface area contributed by atoms with Crippen molar-refractivity contribution in [2.75, 3.05) is 26.7 Å². The zero-order valence-electron chi connectivity index (χ0n) is 13.5. The summed E-state index contributed by atoms with van der Waals surface area (Å²) in [6.45, 7) is 7.23. The molecule has 21 heavy (non-hydrogen) atoms. The highest BCUT2D eigenvalue weighted by atomic mass is 16.2. The first kappa shape index (κ1) is 14.6. The first-order valence-electron chi connectivity index (χ1n) is 7.99. The van der Waals surface area contributed by atoms with Crippen LogP contribution in [0.15, 0.2) is 6.07 Å². The van der Waals surface area contributed by atoms with Crippen LogP contribution in [0, 0.1) is 5.92 Å². The molecule has 3 aliphatic heterocycles. The number of piperidine rings is 1. The van der Waals surface area contributed by atoms with Gasteiger partial charge in [-0.25, -0.2) is 0 Å². The van der Waals surface area contributed by atoms with Crippen LogP contribution < -0.4 is 0 Å². The summed E-state index contributed by atoms with van der Waals surface area (Å²) in [7, 11) is 4.04. The first-order chi connectivity index (χ1) is 9.95. The quantitative estimate of drug-likeness (QED) is 0.832. The van der Waals surface area contributed by atoms with E-state index in [0.29, 0.717) is 17.9 Å². The van der Waals surface area contributed by atoms with E-state index in [1.54, 1.807) is 4.68 Å². The SMILES string of the molecule is CC(C)c1cc(C(=O)N2C[C@H]3CC[C@@H]2CN(C)C3)n(C)n1. The van der Waals surface area contributed by atoms with Crippen molar-refractivity contribution in [1.82, 2.24) is 19.6 Å². The van der Waals surface area contributed by atoms with Gasteiger partial charge in [-0.05, 0) is 37.8 Å². The van der Waals surface area contributed by atoms with Crippen molar-refractivity contribution < 1.29 is 4.79 Å². The molecule has 0 spiro atoms. The number of likely N-dealkylation sites (N-methyl/N-ethyl adjacent to an activating group) is 1. The fourth-order valence-corrected chi connectivity index (χ4v) is 3.68. The Kier molecular flexibility index (Phi) is 3.78. The van der Waals surface area contributed by atoms with Gasteiger partial charge >= 0.3 is 0 Å². The van der Waals surface area contributed by atoms with Crippen molar-refractivity contribution >= 4 is 5.91 Å². The van der Waals surface area contributed by atoms with Gasteiger partial charge < -0.3 is 9.80 Å². The van der Waals surface area contributed by atoms with Crippen LogP contribution in [0.2, 0.25) is 0 Å².